The Morgan fingerprint density at radius 1 is 1.17 bits per heavy atom. The Morgan fingerprint density at radius 2 is 1.97 bits per heavy atom. The van der Waals surface area contributed by atoms with E-state index in [1.54, 1.807) is 22.1 Å². The summed E-state index contributed by atoms with van der Waals surface area (Å²) in [6.45, 7) is 6.20. The van der Waals surface area contributed by atoms with Gasteiger partial charge in [0.2, 0.25) is 5.78 Å². The zero-order valence-corrected chi connectivity index (χ0v) is 17.5. The van der Waals surface area contributed by atoms with Crippen LogP contribution >= 0.6 is 11.3 Å². The second-order valence-corrected chi connectivity index (χ2v) is 8.18. The van der Waals surface area contributed by atoms with Crippen molar-refractivity contribution in [3.63, 3.8) is 0 Å². The number of nitrogens with zero attached hydrogens (tertiary/aromatic N) is 4. The summed E-state index contributed by atoms with van der Waals surface area (Å²) in [5.41, 5.74) is 2.50. The number of thiophene rings is 1. The first-order valence-corrected chi connectivity index (χ1v) is 10.5. The molecule has 0 atom stereocenters. The Kier molecular flexibility index (Phi) is 4.96. The SMILES string of the molecule is CCCCn1c(=O)c2sccc2n2c(=O)n(CC(=O)c3ccc(C)cc3C)nc12. The topological polar surface area (TPSA) is 78.4 Å². The van der Waals surface area contributed by atoms with Gasteiger partial charge >= 0.3 is 5.69 Å². The second-order valence-electron chi connectivity index (χ2n) is 7.26. The molecule has 150 valence electrons. The molecule has 7 nitrogen and oxygen atoms in total. The molecule has 0 N–H and O–H groups in total. The van der Waals surface area contributed by atoms with Gasteiger partial charge in [-0.1, -0.05) is 37.1 Å². The quantitative estimate of drug-likeness (QED) is 0.458. The highest BCUT2D eigenvalue weighted by atomic mass is 32.1. The summed E-state index contributed by atoms with van der Waals surface area (Å²) >= 11 is 1.31. The van der Waals surface area contributed by atoms with E-state index < -0.39 is 5.69 Å². The van der Waals surface area contributed by atoms with Gasteiger partial charge in [0.1, 0.15) is 11.2 Å². The molecular formula is C21H22N4O3S. The molecule has 0 unspecified atom stereocenters. The molecule has 0 aliphatic rings. The largest absolute Gasteiger partial charge is 0.352 e. The number of hydrogen-bond acceptors (Lipinski definition) is 5. The minimum absolute atomic E-state index is 0.145. The maximum atomic E-state index is 13.1. The highest BCUT2D eigenvalue weighted by molar-refractivity contribution is 7.17. The summed E-state index contributed by atoms with van der Waals surface area (Å²) in [6.07, 6.45) is 1.71. The lowest BCUT2D eigenvalue weighted by molar-refractivity contribution is 0.0965. The van der Waals surface area contributed by atoms with E-state index in [4.69, 9.17) is 0 Å². The molecule has 29 heavy (non-hydrogen) atoms. The number of unbranched alkanes of at least 4 members (excludes halogenated alkanes) is 1. The standard InChI is InChI=1S/C21H22N4O3S/c1-4-5-9-23-19(27)18-16(8-10-29-18)25-20(23)22-24(21(25)28)12-17(26)15-7-6-13(2)11-14(15)3/h6-8,10-11H,4-5,9,12H2,1-3H3. The first kappa shape index (κ1) is 19.3. The van der Waals surface area contributed by atoms with Crippen molar-refractivity contribution in [3.8, 4) is 0 Å². The fourth-order valence-corrected chi connectivity index (χ4v) is 4.43. The number of hydrogen-bond donors (Lipinski definition) is 0. The maximum Gasteiger partial charge on any atom is 0.352 e. The lowest BCUT2D eigenvalue weighted by Crippen LogP contribution is -2.27. The molecule has 3 aromatic heterocycles. The molecule has 0 aliphatic heterocycles. The minimum atomic E-state index is -0.410. The van der Waals surface area contributed by atoms with Crippen molar-refractivity contribution in [1.29, 1.82) is 0 Å². The van der Waals surface area contributed by atoms with Crippen molar-refractivity contribution >= 4 is 33.1 Å². The van der Waals surface area contributed by atoms with Crippen molar-refractivity contribution in [2.75, 3.05) is 0 Å². The number of aromatic nitrogens is 4. The van der Waals surface area contributed by atoms with Crippen LogP contribution in [0, 0.1) is 13.8 Å². The molecule has 0 saturated heterocycles. The van der Waals surface area contributed by atoms with Crippen LogP contribution in [0.3, 0.4) is 0 Å². The van der Waals surface area contributed by atoms with E-state index in [1.807, 2.05) is 32.9 Å². The van der Waals surface area contributed by atoms with Gasteiger partial charge < -0.3 is 0 Å². The third-order valence-corrected chi connectivity index (χ3v) is 5.99. The molecule has 1 aromatic carbocycles. The first-order chi connectivity index (χ1) is 13.9. The fraction of sp³-hybridized carbons (Fsp3) is 0.333. The van der Waals surface area contributed by atoms with Gasteiger partial charge in [0.25, 0.3) is 5.56 Å². The predicted octanol–water partition coefficient (Wildman–Crippen LogP) is 3.17. The number of ketones is 1. The number of benzene rings is 1. The normalized spacial score (nSPS) is 11.6. The number of Topliss-reactive ketones (excluding diaryl/α,β-unsaturated/α-hetero) is 1. The van der Waals surface area contributed by atoms with Crippen LogP contribution in [0.25, 0.3) is 16.0 Å². The smallest absolute Gasteiger partial charge is 0.292 e. The Labute approximate surface area is 170 Å². The first-order valence-electron chi connectivity index (χ1n) is 9.62. The van der Waals surface area contributed by atoms with Gasteiger partial charge in [0.05, 0.1) is 5.52 Å². The van der Waals surface area contributed by atoms with Gasteiger partial charge in [0.15, 0.2) is 5.78 Å². The molecule has 0 saturated carbocycles. The van der Waals surface area contributed by atoms with Crippen LogP contribution in [-0.4, -0.2) is 24.5 Å². The summed E-state index contributed by atoms with van der Waals surface area (Å²) in [5.74, 6) is 0.102. The summed E-state index contributed by atoms with van der Waals surface area (Å²) in [6, 6.07) is 7.35. The minimum Gasteiger partial charge on any atom is -0.292 e. The van der Waals surface area contributed by atoms with Crippen molar-refractivity contribution in [3.05, 3.63) is 67.2 Å². The van der Waals surface area contributed by atoms with Crippen LogP contribution in [0.1, 0.15) is 41.3 Å². The summed E-state index contributed by atoms with van der Waals surface area (Å²) in [4.78, 5) is 38.8. The summed E-state index contributed by atoms with van der Waals surface area (Å²) in [7, 11) is 0. The average Bonchev–Trinajstić information content (AvgIpc) is 3.27. The summed E-state index contributed by atoms with van der Waals surface area (Å²) < 4.78 is 4.67. The number of carbonyl (C=O) groups excluding carboxylic acids is 1. The van der Waals surface area contributed by atoms with E-state index in [0.717, 1.165) is 28.7 Å². The molecule has 4 rings (SSSR count). The van der Waals surface area contributed by atoms with E-state index >= 15 is 0 Å². The molecule has 0 amide bonds. The Morgan fingerprint density at radius 3 is 2.69 bits per heavy atom. The third-order valence-electron chi connectivity index (χ3n) is 5.10. The third kappa shape index (κ3) is 3.23. The Hall–Kier alpha value is -3.00. The molecule has 0 fully saturated rings. The Balaban J connectivity index is 1.86. The molecule has 4 aromatic rings. The van der Waals surface area contributed by atoms with E-state index in [0.29, 0.717) is 22.3 Å². The monoisotopic (exact) mass is 410 g/mol. The maximum absolute atomic E-state index is 13.1. The highest BCUT2D eigenvalue weighted by Gasteiger charge is 2.20. The average molecular weight is 410 g/mol. The van der Waals surface area contributed by atoms with E-state index in [-0.39, 0.29) is 23.7 Å². The molecule has 0 bridgehead atoms. The lowest BCUT2D eigenvalue weighted by atomic mass is 10.0. The summed E-state index contributed by atoms with van der Waals surface area (Å²) in [5, 5.41) is 6.17. The van der Waals surface area contributed by atoms with Crippen LogP contribution in [0.2, 0.25) is 0 Å². The zero-order chi connectivity index (χ0) is 20.7. The van der Waals surface area contributed by atoms with Crippen molar-refractivity contribution < 1.29 is 4.79 Å². The highest BCUT2D eigenvalue weighted by Crippen LogP contribution is 2.18. The second kappa shape index (κ2) is 7.44. The van der Waals surface area contributed by atoms with Gasteiger partial charge in [-0.15, -0.1) is 16.4 Å². The Bertz CT molecular complexity index is 1360. The van der Waals surface area contributed by atoms with E-state index in [9.17, 15) is 14.4 Å². The van der Waals surface area contributed by atoms with Crippen molar-refractivity contribution in [1.82, 2.24) is 18.7 Å². The van der Waals surface area contributed by atoms with Gasteiger partial charge in [-0.3, -0.25) is 14.2 Å². The van der Waals surface area contributed by atoms with Crippen molar-refractivity contribution in [2.24, 2.45) is 0 Å². The molecule has 3 heterocycles. The number of fused-ring (bicyclic) bond motifs is 3. The van der Waals surface area contributed by atoms with Gasteiger partial charge in [-0.25, -0.2) is 13.9 Å². The fourth-order valence-electron chi connectivity index (χ4n) is 3.60. The lowest BCUT2D eigenvalue weighted by Gasteiger charge is -2.06. The van der Waals surface area contributed by atoms with Crippen LogP contribution in [0.5, 0.6) is 0 Å². The molecule has 8 heteroatoms. The van der Waals surface area contributed by atoms with Gasteiger partial charge in [-0.2, -0.15) is 0 Å². The molecule has 0 spiro atoms. The van der Waals surface area contributed by atoms with Crippen LogP contribution in [-0.2, 0) is 13.1 Å². The number of aryl methyl sites for hydroxylation is 3. The van der Waals surface area contributed by atoms with Gasteiger partial charge in [-0.05, 0) is 37.3 Å². The van der Waals surface area contributed by atoms with Crippen molar-refractivity contribution in [2.45, 2.75) is 46.7 Å². The van der Waals surface area contributed by atoms with E-state index in [2.05, 4.69) is 5.10 Å². The molecular weight excluding hydrogens is 388 g/mol. The van der Waals surface area contributed by atoms with E-state index in [1.165, 1.54) is 15.7 Å². The number of carbonyl (C=O) groups is 1. The van der Waals surface area contributed by atoms with Crippen LogP contribution in [0.15, 0.2) is 39.2 Å². The zero-order valence-electron chi connectivity index (χ0n) is 16.6. The molecule has 0 radical (unpaired) electrons. The van der Waals surface area contributed by atoms with Crippen LogP contribution in [0.4, 0.5) is 0 Å². The predicted molar refractivity (Wildman–Crippen MR) is 114 cm³/mol. The van der Waals surface area contributed by atoms with Crippen LogP contribution < -0.4 is 11.2 Å². The number of rotatable bonds is 6. The van der Waals surface area contributed by atoms with Gasteiger partial charge in [0, 0.05) is 12.1 Å². The molecule has 0 aliphatic carbocycles.